The van der Waals surface area contributed by atoms with E-state index in [0.717, 1.165) is 28.4 Å². The van der Waals surface area contributed by atoms with E-state index in [1.54, 1.807) is 29.6 Å². The third-order valence-corrected chi connectivity index (χ3v) is 5.40. The lowest BCUT2D eigenvalue weighted by molar-refractivity contribution is -0.274. The smallest absolute Gasteiger partial charge is 0.503 e. The number of hydrogen-bond acceptors (Lipinski definition) is 6. The zero-order chi connectivity index (χ0) is 22.2. The van der Waals surface area contributed by atoms with Crippen molar-refractivity contribution in [2.45, 2.75) is 12.4 Å². The summed E-state index contributed by atoms with van der Waals surface area (Å²) in [5, 5.41) is 12.3. The molecule has 1 unspecified atom stereocenters. The Hall–Kier alpha value is -3.66. The maximum Gasteiger partial charge on any atom is 0.573 e. The molecule has 2 aromatic heterocycles. The molecule has 1 aromatic carbocycles. The highest BCUT2D eigenvalue weighted by molar-refractivity contribution is 7.12. The Morgan fingerprint density at radius 3 is 2.61 bits per heavy atom. The monoisotopic (exact) mass is 446 g/mol. The van der Waals surface area contributed by atoms with Crippen LogP contribution in [0.1, 0.15) is 21.3 Å². The number of benzene rings is 1. The third-order valence-electron chi connectivity index (χ3n) is 4.53. The molecule has 1 aliphatic rings. The molecule has 0 radical (unpaired) electrons. The van der Waals surface area contributed by atoms with Gasteiger partial charge in [0, 0.05) is 24.1 Å². The van der Waals surface area contributed by atoms with Crippen molar-refractivity contribution in [1.82, 2.24) is 4.98 Å². The highest BCUT2D eigenvalue weighted by atomic mass is 32.1. The summed E-state index contributed by atoms with van der Waals surface area (Å²) in [6.45, 7) is 0. The Morgan fingerprint density at radius 1 is 1.16 bits per heavy atom. The Labute approximate surface area is 177 Å². The van der Waals surface area contributed by atoms with Crippen LogP contribution in [0.4, 0.5) is 18.9 Å². The SMILES string of the molecule is O=C(C1=C(O)C(=O)N(c2cccc(OC(F)(F)F)c2)C1c1cccnc1)c1cccs1. The van der Waals surface area contributed by atoms with Crippen LogP contribution in [0.2, 0.25) is 0 Å². The van der Waals surface area contributed by atoms with Gasteiger partial charge in [-0.3, -0.25) is 19.5 Å². The number of anilines is 1. The van der Waals surface area contributed by atoms with Gasteiger partial charge in [-0.1, -0.05) is 18.2 Å². The van der Waals surface area contributed by atoms with E-state index in [1.165, 1.54) is 24.5 Å². The molecule has 0 bridgehead atoms. The van der Waals surface area contributed by atoms with E-state index >= 15 is 0 Å². The zero-order valence-corrected chi connectivity index (χ0v) is 16.4. The number of Topliss-reactive ketones (excluding diaryl/α,β-unsaturated/α-hetero) is 1. The molecule has 3 aromatic rings. The van der Waals surface area contributed by atoms with Gasteiger partial charge in [0.15, 0.2) is 5.76 Å². The number of aliphatic hydroxyl groups is 1. The summed E-state index contributed by atoms with van der Waals surface area (Å²) in [7, 11) is 0. The van der Waals surface area contributed by atoms with Crippen LogP contribution < -0.4 is 9.64 Å². The van der Waals surface area contributed by atoms with Crippen molar-refractivity contribution in [3.63, 3.8) is 0 Å². The van der Waals surface area contributed by atoms with Crippen LogP contribution in [0, 0.1) is 0 Å². The molecule has 31 heavy (non-hydrogen) atoms. The molecule has 1 amide bonds. The molecule has 1 N–H and O–H groups in total. The number of aromatic nitrogens is 1. The first-order valence-electron chi connectivity index (χ1n) is 8.87. The maximum absolute atomic E-state index is 13.1. The van der Waals surface area contributed by atoms with Gasteiger partial charge < -0.3 is 9.84 Å². The molecule has 4 rings (SSSR count). The minimum Gasteiger partial charge on any atom is -0.503 e. The number of ketones is 1. The van der Waals surface area contributed by atoms with Crippen LogP contribution in [-0.4, -0.2) is 28.1 Å². The van der Waals surface area contributed by atoms with E-state index in [2.05, 4.69) is 9.72 Å². The van der Waals surface area contributed by atoms with Gasteiger partial charge in [0.25, 0.3) is 5.91 Å². The molecule has 3 heterocycles. The Kier molecular flexibility index (Phi) is 5.24. The van der Waals surface area contributed by atoms with Gasteiger partial charge in [-0.25, -0.2) is 0 Å². The van der Waals surface area contributed by atoms with E-state index in [9.17, 15) is 27.9 Å². The molecule has 1 atom stereocenters. The minimum absolute atomic E-state index is 0.0149. The quantitative estimate of drug-likeness (QED) is 0.569. The number of nitrogens with zero attached hydrogens (tertiary/aromatic N) is 2. The molecule has 0 saturated carbocycles. The van der Waals surface area contributed by atoms with E-state index in [4.69, 9.17) is 0 Å². The second-order valence-corrected chi connectivity index (χ2v) is 7.43. The summed E-state index contributed by atoms with van der Waals surface area (Å²) >= 11 is 1.14. The molecule has 0 aliphatic carbocycles. The Bertz CT molecular complexity index is 1160. The number of hydrogen-bond donors (Lipinski definition) is 1. The van der Waals surface area contributed by atoms with Crippen molar-refractivity contribution in [3.05, 3.63) is 88.1 Å². The summed E-state index contributed by atoms with van der Waals surface area (Å²) in [6.07, 6.45) is -2.01. The van der Waals surface area contributed by atoms with E-state index < -0.39 is 35.6 Å². The number of carbonyl (C=O) groups is 2. The molecule has 158 valence electrons. The molecule has 1 aliphatic heterocycles. The first-order valence-corrected chi connectivity index (χ1v) is 9.75. The molecule has 0 spiro atoms. The first-order chi connectivity index (χ1) is 14.8. The fourth-order valence-electron chi connectivity index (χ4n) is 3.33. The van der Waals surface area contributed by atoms with Gasteiger partial charge in [-0.2, -0.15) is 0 Å². The van der Waals surface area contributed by atoms with E-state index in [-0.39, 0.29) is 11.3 Å². The number of aliphatic hydroxyl groups excluding tert-OH is 1. The van der Waals surface area contributed by atoms with Gasteiger partial charge in [-0.15, -0.1) is 24.5 Å². The van der Waals surface area contributed by atoms with Crippen molar-refractivity contribution in [2.75, 3.05) is 4.90 Å². The lowest BCUT2D eigenvalue weighted by Gasteiger charge is -2.27. The van der Waals surface area contributed by atoms with Crippen molar-refractivity contribution in [3.8, 4) is 5.75 Å². The number of pyridine rings is 1. The fraction of sp³-hybridized carbons (Fsp3) is 0.0952. The van der Waals surface area contributed by atoms with Gasteiger partial charge in [0.05, 0.1) is 16.5 Å². The van der Waals surface area contributed by atoms with Crippen molar-refractivity contribution in [1.29, 1.82) is 0 Å². The summed E-state index contributed by atoms with van der Waals surface area (Å²) < 4.78 is 41.9. The Morgan fingerprint density at radius 2 is 1.97 bits per heavy atom. The zero-order valence-electron chi connectivity index (χ0n) is 15.5. The number of thiophene rings is 1. The average molecular weight is 446 g/mol. The highest BCUT2D eigenvalue weighted by Gasteiger charge is 2.45. The lowest BCUT2D eigenvalue weighted by Crippen LogP contribution is -2.31. The average Bonchev–Trinajstić information content (AvgIpc) is 3.35. The summed E-state index contributed by atoms with van der Waals surface area (Å²) in [4.78, 5) is 31.4. The summed E-state index contributed by atoms with van der Waals surface area (Å²) in [6, 6.07) is 10.1. The number of carbonyl (C=O) groups excluding carboxylic acids is 2. The first kappa shape index (κ1) is 20.6. The van der Waals surface area contributed by atoms with Crippen molar-refractivity contribution >= 4 is 28.7 Å². The number of amides is 1. The molecule has 0 saturated heterocycles. The highest BCUT2D eigenvalue weighted by Crippen LogP contribution is 2.43. The summed E-state index contributed by atoms with van der Waals surface area (Å²) in [5.74, 6) is -2.78. The Balaban J connectivity index is 1.82. The largest absolute Gasteiger partial charge is 0.573 e. The van der Waals surface area contributed by atoms with Crippen LogP contribution >= 0.6 is 11.3 Å². The molecular weight excluding hydrogens is 433 g/mol. The van der Waals surface area contributed by atoms with Crippen LogP contribution in [0.5, 0.6) is 5.75 Å². The molecule has 10 heteroatoms. The number of rotatable bonds is 5. The van der Waals surface area contributed by atoms with E-state index in [0.29, 0.717) is 10.4 Å². The molecular formula is C21H13F3N2O4S. The van der Waals surface area contributed by atoms with Crippen molar-refractivity contribution in [2.24, 2.45) is 0 Å². The third kappa shape index (κ3) is 4.02. The topological polar surface area (TPSA) is 79.7 Å². The van der Waals surface area contributed by atoms with Gasteiger partial charge >= 0.3 is 6.36 Å². The van der Waals surface area contributed by atoms with Gasteiger partial charge in [0.1, 0.15) is 5.75 Å². The van der Waals surface area contributed by atoms with Crippen LogP contribution in [0.3, 0.4) is 0 Å². The van der Waals surface area contributed by atoms with Crippen LogP contribution in [0.25, 0.3) is 0 Å². The summed E-state index contributed by atoms with van der Waals surface area (Å²) in [5.41, 5.74) is 0.241. The predicted molar refractivity (Wildman–Crippen MR) is 106 cm³/mol. The standard InChI is InChI=1S/C21H13F3N2O4S/c22-21(23,24)30-14-6-1-5-13(10-14)26-17(12-4-2-8-25-11-12)16(19(28)20(26)29)18(27)15-7-3-9-31-15/h1-11,17,28H. The second-order valence-electron chi connectivity index (χ2n) is 6.48. The number of alkyl halides is 3. The number of halogens is 3. The van der Waals surface area contributed by atoms with Crippen LogP contribution in [0.15, 0.2) is 77.6 Å². The lowest BCUT2D eigenvalue weighted by atomic mass is 9.96. The second kappa shape index (κ2) is 7.88. The predicted octanol–water partition coefficient (Wildman–Crippen LogP) is 4.82. The minimum atomic E-state index is -4.92. The molecule has 6 nitrogen and oxygen atoms in total. The van der Waals surface area contributed by atoms with Gasteiger partial charge in [0.2, 0.25) is 5.78 Å². The van der Waals surface area contributed by atoms with Crippen molar-refractivity contribution < 1.29 is 32.6 Å². The fourth-order valence-corrected chi connectivity index (χ4v) is 4.01. The maximum atomic E-state index is 13.1. The molecule has 0 fully saturated rings. The van der Waals surface area contributed by atoms with E-state index in [1.807, 2.05) is 0 Å². The van der Waals surface area contributed by atoms with Gasteiger partial charge in [-0.05, 0) is 35.2 Å². The number of ether oxygens (including phenoxy) is 1. The normalized spacial score (nSPS) is 16.7. The van der Waals surface area contributed by atoms with Crippen LogP contribution in [-0.2, 0) is 4.79 Å².